The van der Waals surface area contributed by atoms with Crippen molar-refractivity contribution in [2.45, 2.75) is 0 Å². The molecule has 0 unspecified atom stereocenters. The third kappa shape index (κ3) is 2.19. The minimum Gasteiger partial charge on any atom is -0.397 e. The highest BCUT2D eigenvalue weighted by atomic mass is 79.9. The number of nitrogens with two attached hydrogens (primary N) is 1. The molecule has 0 bridgehead atoms. The van der Waals surface area contributed by atoms with Crippen molar-refractivity contribution < 1.29 is 0 Å². The monoisotopic (exact) mass is 276 g/mol. The van der Waals surface area contributed by atoms with Crippen LogP contribution in [0.2, 0.25) is 0 Å². The number of halogens is 1. The summed E-state index contributed by atoms with van der Waals surface area (Å²) in [6.07, 6.45) is 0. The Bertz CT molecular complexity index is 497. The van der Waals surface area contributed by atoms with Crippen LogP contribution in [0, 0.1) is 0 Å². The van der Waals surface area contributed by atoms with E-state index >= 15 is 0 Å². The minimum atomic E-state index is 0.782. The zero-order valence-electron chi connectivity index (χ0n) is 9.02. The fraction of sp³-hybridized carbons (Fsp3) is 0.0769. The molecule has 0 aliphatic heterocycles. The zero-order valence-corrected chi connectivity index (χ0v) is 10.6. The average molecular weight is 277 g/mol. The van der Waals surface area contributed by atoms with Crippen molar-refractivity contribution in [1.29, 1.82) is 0 Å². The molecule has 0 saturated carbocycles. The Morgan fingerprint density at radius 1 is 1.06 bits per heavy atom. The van der Waals surface area contributed by atoms with Crippen molar-refractivity contribution in [3.8, 4) is 0 Å². The third-order valence-electron chi connectivity index (χ3n) is 2.49. The Hall–Kier alpha value is -1.48. The van der Waals surface area contributed by atoms with E-state index in [0.717, 1.165) is 21.5 Å². The number of hydrogen-bond acceptors (Lipinski definition) is 2. The lowest BCUT2D eigenvalue weighted by Gasteiger charge is -2.21. The molecule has 0 atom stereocenters. The van der Waals surface area contributed by atoms with E-state index < -0.39 is 0 Å². The molecule has 0 amide bonds. The van der Waals surface area contributed by atoms with Crippen LogP contribution >= 0.6 is 15.9 Å². The summed E-state index contributed by atoms with van der Waals surface area (Å²) in [5, 5.41) is 0. The molecular weight excluding hydrogens is 264 g/mol. The van der Waals surface area contributed by atoms with Gasteiger partial charge in [-0.15, -0.1) is 0 Å². The lowest BCUT2D eigenvalue weighted by atomic mass is 10.2. The molecular formula is C13H13BrN2. The Morgan fingerprint density at radius 2 is 1.81 bits per heavy atom. The topological polar surface area (TPSA) is 29.3 Å². The molecule has 0 aromatic heterocycles. The van der Waals surface area contributed by atoms with Gasteiger partial charge in [0.05, 0.1) is 11.4 Å². The normalized spacial score (nSPS) is 10.1. The smallest absolute Gasteiger partial charge is 0.0641 e. The predicted octanol–water partition coefficient (Wildman–Crippen LogP) is 3.80. The molecule has 2 aromatic rings. The first-order valence-electron chi connectivity index (χ1n) is 5.02. The molecule has 0 heterocycles. The largest absolute Gasteiger partial charge is 0.397 e. The molecule has 0 spiro atoms. The number of nitrogen functional groups attached to an aromatic ring is 1. The van der Waals surface area contributed by atoms with Crippen molar-refractivity contribution in [1.82, 2.24) is 0 Å². The molecule has 0 saturated heterocycles. The van der Waals surface area contributed by atoms with Gasteiger partial charge in [0.15, 0.2) is 0 Å². The number of nitrogens with zero attached hydrogens (tertiary/aromatic N) is 1. The molecule has 2 rings (SSSR count). The highest BCUT2D eigenvalue weighted by Crippen LogP contribution is 2.29. The summed E-state index contributed by atoms with van der Waals surface area (Å²) in [6.45, 7) is 0. The highest BCUT2D eigenvalue weighted by molar-refractivity contribution is 9.10. The maximum absolute atomic E-state index is 5.94. The predicted molar refractivity (Wildman–Crippen MR) is 73.1 cm³/mol. The van der Waals surface area contributed by atoms with E-state index in [1.807, 2.05) is 43.4 Å². The van der Waals surface area contributed by atoms with Gasteiger partial charge in [-0.25, -0.2) is 0 Å². The molecule has 0 fully saturated rings. The van der Waals surface area contributed by atoms with Crippen molar-refractivity contribution in [2.75, 3.05) is 17.7 Å². The summed E-state index contributed by atoms with van der Waals surface area (Å²) in [5.74, 6) is 0. The molecule has 2 N–H and O–H groups in total. The lowest BCUT2D eigenvalue weighted by molar-refractivity contribution is 1.21. The van der Waals surface area contributed by atoms with Crippen molar-refractivity contribution in [3.63, 3.8) is 0 Å². The number of para-hydroxylation sites is 2. The fourth-order valence-electron chi connectivity index (χ4n) is 1.62. The minimum absolute atomic E-state index is 0.782. The van der Waals surface area contributed by atoms with Crippen LogP contribution in [0.5, 0.6) is 0 Å². The second kappa shape index (κ2) is 4.58. The SMILES string of the molecule is CN(c1cccc(Br)c1)c1ccccc1N. The summed E-state index contributed by atoms with van der Waals surface area (Å²) in [5.41, 5.74) is 8.84. The fourth-order valence-corrected chi connectivity index (χ4v) is 2.00. The van der Waals surface area contributed by atoms with Crippen LogP contribution in [0.1, 0.15) is 0 Å². The highest BCUT2D eigenvalue weighted by Gasteiger charge is 2.06. The maximum atomic E-state index is 5.94. The van der Waals surface area contributed by atoms with Crippen LogP contribution in [0.3, 0.4) is 0 Å². The number of rotatable bonds is 2. The lowest BCUT2D eigenvalue weighted by Crippen LogP contribution is -2.11. The van der Waals surface area contributed by atoms with Crippen molar-refractivity contribution in [2.24, 2.45) is 0 Å². The van der Waals surface area contributed by atoms with E-state index in [-0.39, 0.29) is 0 Å². The quantitative estimate of drug-likeness (QED) is 0.846. The summed E-state index contributed by atoms with van der Waals surface area (Å²) < 4.78 is 1.06. The first-order valence-corrected chi connectivity index (χ1v) is 5.81. The van der Waals surface area contributed by atoms with Gasteiger partial charge >= 0.3 is 0 Å². The second-order valence-corrected chi connectivity index (χ2v) is 4.51. The number of hydrogen-bond donors (Lipinski definition) is 1. The molecule has 2 nitrogen and oxygen atoms in total. The van der Waals surface area contributed by atoms with Crippen LogP contribution in [0.15, 0.2) is 53.0 Å². The Kier molecular flexibility index (Phi) is 3.15. The van der Waals surface area contributed by atoms with Gasteiger partial charge in [-0.1, -0.05) is 34.1 Å². The molecule has 2 aromatic carbocycles. The number of benzene rings is 2. The van der Waals surface area contributed by atoms with Gasteiger partial charge in [-0.05, 0) is 30.3 Å². The van der Waals surface area contributed by atoms with Crippen LogP contribution in [-0.4, -0.2) is 7.05 Å². The zero-order chi connectivity index (χ0) is 11.5. The molecule has 0 radical (unpaired) electrons. The van der Waals surface area contributed by atoms with Gasteiger partial charge in [0, 0.05) is 17.2 Å². The van der Waals surface area contributed by atoms with Gasteiger partial charge in [0.1, 0.15) is 0 Å². The van der Waals surface area contributed by atoms with Gasteiger partial charge < -0.3 is 10.6 Å². The van der Waals surface area contributed by atoms with E-state index in [9.17, 15) is 0 Å². The number of anilines is 3. The van der Waals surface area contributed by atoms with Crippen LogP contribution in [0.4, 0.5) is 17.1 Å². The summed E-state index contributed by atoms with van der Waals surface area (Å²) in [7, 11) is 2.01. The second-order valence-electron chi connectivity index (χ2n) is 3.60. The molecule has 3 heteroatoms. The van der Waals surface area contributed by atoms with Crippen LogP contribution in [-0.2, 0) is 0 Å². The van der Waals surface area contributed by atoms with E-state index in [1.165, 1.54) is 0 Å². The summed E-state index contributed by atoms with van der Waals surface area (Å²) in [4.78, 5) is 2.07. The molecule has 82 valence electrons. The van der Waals surface area contributed by atoms with Gasteiger partial charge in [0.2, 0.25) is 0 Å². The molecule has 16 heavy (non-hydrogen) atoms. The Balaban J connectivity index is 2.39. The Morgan fingerprint density at radius 3 is 2.50 bits per heavy atom. The van der Waals surface area contributed by atoms with Gasteiger partial charge in [0.25, 0.3) is 0 Å². The Labute approximate surface area is 104 Å². The van der Waals surface area contributed by atoms with Gasteiger partial charge in [-0.3, -0.25) is 0 Å². The first kappa shape index (κ1) is 11.0. The first-order chi connectivity index (χ1) is 7.68. The van der Waals surface area contributed by atoms with E-state index in [1.54, 1.807) is 0 Å². The molecule has 0 aliphatic rings. The standard InChI is InChI=1S/C13H13BrN2/c1-16(11-6-4-5-10(14)9-11)13-8-3-2-7-12(13)15/h2-9H,15H2,1H3. The average Bonchev–Trinajstić information content (AvgIpc) is 2.29. The van der Waals surface area contributed by atoms with Crippen molar-refractivity contribution in [3.05, 3.63) is 53.0 Å². The van der Waals surface area contributed by atoms with Crippen molar-refractivity contribution >= 4 is 33.0 Å². The summed E-state index contributed by atoms with van der Waals surface area (Å²) in [6, 6.07) is 16.0. The van der Waals surface area contributed by atoms with Crippen LogP contribution in [0.25, 0.3) is 0 Å². The third-order valence-corrected chi connectivity index (χ3v) is 2.99. The molecule has 0 aliphatic carbocycles. The van der Waals surface area contributed by atoms with Crippen LogP contribution < -0.4 is 10.6 Å². The van der Waals surface area contributed by atoms with E-state index in [4.69, 9.17) is 5.73 Å². The maximum Gasteiger partial charge on any atom is 0.0641 e. The van der Waals surface area contributed by atoms with E-state index in [2.05, 4.69) is 33.0 Å². The van der Waals surface area contributed by atoms with Gasteiger partial charge in [-0.2, -0.15) is 0 Å². The van der Waals surface area contributed by atoms with E-state index in [0.29, 0.717) is 0 Å². The summed E-state index contributed by atoms with van der Waals surface area (Å²) >= 11 is 3.46.